The first-order valence-corrected chi connectivity index (χ1v) is 6.08. The minimum absolute atomic E-state index is 0.117. The number of aliphatic carboxylic acids is 2. The Balaban J connectivity index is 6.07. The van der Waals surface area contributed by atoms with Gasteiger partial charge in [-0.05, 0) is 12.8 Å². The molecule has 0 saturated heterocycles. The van der Waals surface area contributed by atoms with E-state index >= 15 is 0 Å². The van der Waals surface area contributed by atoms with Gasteiger partial charge in [0.05, 0.1) is 0 Å². The molecule has 4 N–H and O–H groups in total. The number of hydrogen-bond donors (Lipinski definition) is 4. The second-order valence-electron chi connectivity index (χ2n) is 4.38. The van der Waals surface area contributed by atoms with Gasteiger partial charge in [0.1, 0.15) is 0 Å². The molecule has 8 nitrogen and oxygen atoms in total. The largest absolute Gasteiger partial charge is 0.479 e. The second kappa shape index (κ2) is 6.58. The number of carbonyl (C=O) groups excluding carboxylic acids is 2. The highest BCUT2D eigenvalue weighted by Crippen LogP contribution is 2.29. The van der Waals surface area contributed by atoms with Crippen LogP contribution in [0.15, 0.2) is 0 Å². The van der Waals surface area contributed by atoms with Crippen LogP contribution >= 0.6 is 0 Å². The topological polar surface area (TPSA) is 149 Å². The fourth-order valence-electron chi connectivity index (χ4n) is 1.77. The van der Waals surface area contributed by atoms with E-state index in [0.717, 1.165) is 0 Å². The van der Waals surface area contributed by atoms with Crippen LogP contribution in [0.1, 0.15) is 39.5 Å². The van der Waals surface area contributed by atoms with Gasteiger partial charge in [-0.2, -0.15) is 0 Å². The summed E-state index contributed by atoms with van der Waals surface area (Å²) < 4.78 is 0. The average Bonchev–Trinajstić information content (AvgIpc) is 2.36. The molecule has 2 unspecified atom stereocenters. The molecule has 0 aromatic heterocycles. The van der Waals surface area contributed by atoms with Crippen LogP contribution in [0, 0.1) is 0 Å². The van der Waals surface area contributed by atoms with Crippen LogP contribution in [0.5, 0.6) is 0 Å². The van der Waals surface area contributed by atoms with Crippen LogP contribution < -0.4 is 0 Å². The number of carbonyl (C=O) groups is 4. The Morgan fingerprint density at radius 3 is 1.15 bits per heavy atom. The average molecular weight is 290 g/mol. The van der Waals surface area contributed by atoms with Gasteiger partial charge in [-0.1, -0.05) is 13.8 Å². The summed E-state index contributed by atoms with van der Waals surface area (Å²) in [5, 5.41) is 37.9. The summed E-state index contributed by atoms with van der Waals surface area (Å²) in [6.45, 7) is 2.99. The predicted octanol–water partition coefficient (Wildman–Crippen LogP) is -0.644. The van der Waals surface area contributed by atoms with Gasteiger partial charge in [-0.15, -0.1) is 0 Å². The maximum Gasteiger partial charge on any atom is 0.347 e. The Bertz CT molecular complexity index is 389. The lowest BCUT2D eigenvalue weighted by Gasteiger charge is -2.34. The van der Waals surface area contributed by atoms with Gasteiger partial charge >= 0.3 is 11.9 Å². The number of aliphatic hydroxyl groups is 2. The van der Waals surface area contributed by atoms with Crippen LogP contribution in [0.25, 0.3) is 0 Å². The van der Waals surface area contributed by atoms with Gasteiger partial charge in [0.15, 0.2) is 11.6 Å². The minimum Gasteiger partial charge on any atom is -0.479 e. The highest BCUT2D eigenvalue weighted by Gasteiger charge is 2.68. The smallest absolute Gasteiger partial charge is 0.347 e. The molecule has 0 aromatic rings. The second-order valence-corrected chi connectivity index (χ2v) is 4.38. The maximum atomic E-state index is 11.8. The van der Waals surface area contributed by atoms with Gasteiger partial charge < -0.3 is 20.4 Å². The third-order valence-electron chi connectivity index (χ3n) is 2.90. The van der Waals surface area contributed by atoms with E-state index in [-0.39, 0.29) is 12.8 Å². The molecule has 0 spiro atoms. The molecule has 0 aliphatic carbocycles. The van der Waals surface area contributed by atoms with Crippen LogP contribution in [0.2, 0.25) is 0 Å². The lowest BCUT2D eigenvalue weighted by Crippen LogP contribution is -2.71. The summed E-state index contributed by atoms with van der Waals surface area (Å²) >= 11 is 0. The van der Waals surface area contributed by atoms with E-state index in [0.29, 0.717) is 0 Å². The maximum absolute atomic E-state index is 11.8. The summed E-state index contributed by atoms with van der Waals surface area (Å²) in [6, 6.07) is 0. The number of hydrogen-bond acceptors (Lipinski definition) is 6. The molecule has 0 heterocycles. The highest BCUT2D eigenvalue weighted by molar-refractivity contribution is 6.21. The molecule has 0 amide bonds. The van der Waals surface area contributed by atoms with E-state index in [1.807, 2.05) is 0 Å². The molecule has 20 heavy (non-hydrogen) atoms. The molecule has 0 aromatic carbocycles. The third-order valence-corrected chi connectivity index (χ3v) is 2.90. The molecule has 114 valence electrons. The van der Waals surface area contributed by atoms with Crippen molar-refractivity contribution in [2.24, 2.45) is 0 Å². The van der Waals surface area contributed by atoms with Crippen molar-refractivity contribution < 1.29 is 39.6 Å². The van der Waals surface area contributed by atoms with Gasteiger partial charge in [-0.3, -0.25) is 9.59 Å². The summed E-state index contributed by atoms with van der Waals surface area (Å²) in [5.41, 5.74) is -7.41. The molecule has 0 aliphatic rings. The number of rotatable bonds is 9. The zero-order valence-corrected chi connectivity index (χ0v) is 11.3. The fourth-order valence-corrected chi connectivity index (χ4v) is 1.77. The summed E-state index contributed by atoms with van der Waals surface area (Å²) in [7, 11) is 0. The number of Topliss-reactive ketones (excluding diaryl/α,β-unsaturated/α-hetero) is 2. The van der Waals surface area contributed by atoms with Crippen LogP contribution in [-0.2, 0) is 19.2 Å². The van der Waals surface area contributed by atoms with E-state index in [1.165, 1.54) is 13.8 Å². The Morgan fingerprint density at radius 2 is 1.00 bits per heavy atom. The summed E-state index contributed by atoms with van der Waals surface area (Å²) in [6.07, 6.45) is -0.742. The lowest BCUT2D eigenvalue weighted by molar-refractivity contribution is -0.207. The monoisotopic (exact) mass is 290 g/mol. The number of ketones is 2. The van der Waals surface area contributed by atoms with Crippen molar-refractivity contribution in [3.63, 3.8) is 0 Å². The van der Waals surface area contributed by atoms with Gasteiger partial charge in [0, 0.05) is 12.8 Å². The Kier molecular flexibility index (Phi) is 5.98. The highest BCUT2D eigenvalue weighted by atomic mass is 16.5. The van der Waals surface area contributed by atoms with Crippen molar-refractivity contribution in [1.29, 1.82) is 0 Å². The van der Waals surface area contributed by atoms with Gasteiger partial charge in [0.25, 0.3) is 11.2 Å². The fraction of sp³-hybridized carbons (Fsp3) is 0.667. The SMILES string of the molecule is CCCC(=O)C(O)(C(=O)O)C(O)(C(=O)O)C(=O)CCC. The van der Waals surface area contributed by atoms with Crippen molar-refractivity contribution in [2.75, 3.05) is 0 Å². The Morgan fingerprint density at radius 1 is 0.750 bits per heavy atom. The molecule has 0 rings (SSSR count). The molecule has 0 fully saturated rings. The van der Waals surface area contributed by atoms with E-state index in [9.17, 15) is 29.4 Å². The van der Waals surface area contributed by atoms with E-state index in [1.54, 1.807) is 0 Å². The predicted molar refractivity (Wildman–Crippen MR) is 65.0 cm³/mol. The van der Waals surface area contributed by atoms with E-state index in [2.05, 4.69) is 0 Å². The van der Waals surface area contributed by atoms with Gasteiger partial charge in [-0.25, -0.2) is 9.59 Å². The first-order valence-electron chi connectivity index (χ1n) is 6.08. The Labute approximate surface area is 115 Å². The lowest BCUT2D eigenvalue weighted by atomic mass is 9.74. The minimum atomic E-state index is -3.71. The number of carboxylic acids is 2. The molecule has 0 bridgehead atoms. The zero-order chi connectivity index (χ0) is 16.1. The van der Waals surface area contributed by atoms with Crippen LogP contribution in [-0.4, -0.2) is 55.1 Å². The Hall–Kier alpha value is -1.80. The molecule has 0 radical (unpaired) electrons. The molecule has 0 aliphatic heterocycles. The zero-order valence-electron chi connectivity index (χ0n) is 11.3. The van der Waals surface area contributed by atoms with Crippen molar-refractivity contribution in [3.8, 4) is 0 Å². The van der Waals surface area contributed by atoms with Crippen molar-refractivity contribution >= 4 is 23.5 Å². The molecule has 0 saturated carbocycles. The normalized spacial score (nSPS) is 16.8. The quantitative estimate of drug-likeness (QED) is 0.409. The standard InChI is InChI=1S/C12H18O8/c1-3-5-7(13)11(19,9(15)16)12(20,10(17)18)8(14)6-4-2/h19-20H,3-6H2,1-2H3,(H,15,16)(H,17,18). The molecular weight excluding hydrogens is 272 g/mol. The third kappa shape index (κ3) is 2.70. The van der Waals surface area contributed by atoms with Gasteiger partial charge in [0.2, 0.25) is 0 Å². The summed E-state index contributed by atoms with van der Waals surface area (Å²) in [5.74, 6) is -7.40. The van der Waals surface area contributed by atoms with Crippen LogP contribution in [0.3, 0.4) is 0 Å². The van der Waals surface area contributed by atoms with E-state index < -0.39 is 47.5 Å². The van der Waals surface area contributed by atoms with Crippen molar-refractivity contribution in [1.82, 2.24) is 0 Å². The first-order chi connectivity index (χ1) is 9.10. The molecule has 8 heteroatoms. The first kappa shape index (κ1) is 18.2. The molecular formula is C12H18O8. The van der Waals surface area contributed by atoms with Crippen molar-refractivity contribution in [2.45, 2.75) is 50.7 Å². The van der Waals surface area contributed by atoms with E-state index in [4.69, 9.17) is 10.2 Å². The van der Waals surface area contributed by atoms with Crippen LogP contribution in [0.4, 0.5) is 0 Å². The van der Waals surface area contributed by atoms with Crippen molar-refractivity contribution in [3.05, 3.63) is 0 Å². The number of carboxylic acid groups (broad SMARTS) is 2. The summed E-state index contributed by atoms with van der Waals surface area (Å²) in [4.78, 5) is 45.8. The molecule has 2 atom stereocenters.